The van der Waals surface area contributed by atoms with E-state index in [1.807, 2.05) is 31.2 Å². The van der Waals surface area contributed by atoms with Crippen LogP contribution < -0.4 is 4.72 Å². The van der Waals surface area contributed by atoms with Gasteiger partial charge in [0.15, 0.2) is 0 Å². The van der Waals surface area contributed by atoms with Gasteiger partial charge in [0.25, 0.3) is 0 Å². The normalized spacial score (nSPS) is 25.1. The zero-order chi connectivity index (χ0) is 10.2. The molecule has 76 valence electrons. The quantitative estimate of drug-likeness (QED) is 0.754. The molecule has 1 saturated heterocycles. The lowest BCUT2D eigenvalue weighted by atomic mass is 10.1. The molecule has 0 aliphatic carbocycles. The van der Waals surface area contributed by atoms with Crippen LogP contribution in [0.1, 0.15) is 17.2 Å². The van der Waals surface area contributed by atoms with Gasteiger partial charge in [-0.05, 0) is 12.5 Å². The third-order valence-electron chi connectivity index (χ3n) is 2.16. The molecule has 0 saturated carbocycles. The van der Waals surface area contributed by atoms with Crippen molar-refractivity contribution in [3.05, 3.63) is 35.4 Å². The molecule has 0 aromatic heterocycles. The summed E-state index contributed by atoms with van der Waals surface area (Å²) in [6.45, 7) is 2.16. The maximum absolute atomic E-state index is 10.9. The third-order valence-corrected chi connectivity index (χ3v) is 3.18. The summed E-state index contributed by atoms with van der Waals surface area (Å²) in [6.07, 6.45) is 0. The van der Waals surface area contributed by atoms with Gasteiger partial charge in [-0.15, -0.1) is 0 Å². The van der Waals surface area contributed by atoms with E-state index >= 15 is 0 Å². The Morgan fingerprint density at radius 2 is 2.00 bits per heavy atom. The molecule has 4 nitrogen and oxygen atoms in total. The summed E-state index contributed by atoms with van der Waals surface area (Å²) in [5.41, 5.74) is 2.08. The number of benzene rings is 1. The minimum atomic E-state index is -3.50. The van der Waals surface area contributed by atoms with Gasteiger partial charge < -0.3 is 0 Å². The van der Waals surface area contributed by atoms with Crippen LogP contribution in [0.4, 0.5) is 0 Å². The van der Waals surface area contributed by atoms with Crippen LogP contribution in [-0.2, 0) is 14.5 Å². The van der Waals surface area contributed by atoms with Crippen LogP contribution in [0.15, 0.2) is 24.3 Å². The predicted octanol–water partition coefficient (Wildman–Crippen LogP) is 0.901. The van der Waals surface area contributed by atoms with Crippen molar-refractivity contribution in [3.63, 3.8) is 0 Å². The number of hydrogen-bond acceptors (Lipinski definition) is 3. The average Bonchev–Trinajstić information content (AvgIpc) is 2.47. The van der Waals surface area contributed by atoms with Gasteiger partial charge >= 0.3 is 10.3 Å². The van der Waals surface area contributed by atoms with E-state index in [4.69, 9.17) is 0 Å². The molecule has 0 radical (unpaired) electrons. The SMILES string of the molecule is Cc1ccc(C2COS(=O)(=O)N2)cc1. The van der Waals surface area contributed by atoms with Crippen molar-refractivity contribution < 1.29 is 12.6 Å². The molecule has 1 fully saturated rings. The summed E-state index contributed by atoms with van der Waals surface area (Å²) in [5, 5.41) is 0. The first-order chi connectivity index (χ1) is 6.57. The van der Waals surface area contributed by atoms with Crippen molar-refractivity contribution in [2.45, 2.75) is 13.0 Å². The summed E-state index contributed by atoms with van der Waals surface area (Å²) in [7, 11) is -3.50. The van der Waals surface area contributed by atoms with Crippen molar-refractivity contribution in [3.8, 4) is 0 Å². The van der Waals surface area contributed by atoms with Crippen LogP contribution >= 0.6 is 0 Å². The highest BCUT2D eigenvalue weighted by Crippen LogP contribution is 2.20. The monoisotopic (exact) mass is 213 g/mol. The molecule has 0 amide bonds. The van der Waals surface area contributed by atoms with Gasteiger partial charge in [0, 0.05) is 0 Å². The molecule has 0 bridgehead atoms. The van der Waals surface area contributed by atoms with Gasteiger partial charge in [0.2, 0.25) is 0 Å². The number of nitrogens with one attached hydrogen (secondary N) is 1. The lowest BCUT2D eigenvalue weighted by Crippen LogP contribution is -2.19. The number of rotatable bonds is 1. The Hall–Kier alpha value is -0.910. The Bertz CT molecular complexity index is 424. The molecule has 0 spiro atoms. The standard InChI is InChI=1S/C9H11NO3S/c1-7-2-4-8(5-3-7)9-6-13-14(11,12)10-9/h2-5,9-10H,6H2,1H3. The Balaban J connectivity index is 2.22. The van der Waals surface area contributed by atoms with Gasteiger partial charge in [0.1, 0.15) is 0 Å². The Morgan fingerprint density at radius 3 is 2.50 bits per heavy atom. The molecule has 1 aliphatic heterocycles. The summed E-state index contributed by atoms with van der Waals surface area (Å²) in [6, 6.07) is 7.44. The van der Waals surface area contributed by atoms with Crippen molar-refractivity contribution in [2.24, 2.45) is 0 Å². The lowest BCUT2D eigenvalue weighted by Gasteiger charge is -2.06. The minimum absolute atomic E-state index is 0.172. The fourth-order valence-corrected chi connectivity index (χ4v) is 2.30. The largest absolute Gasteiger partial charge is 0.336 e. The van der Waals surface area contributed by atoms with E-state index in [0.717, 1.165) is 11.1 Å². The fraction of sp³-hybridized carbons (Fsp3) is 0.333. The molecule has 1 atom stereocenters. The zero-order valence-electron chi connectivity index (χ0n) is 7.73. The van der Waals surface area contributed by atoms with Gasteiger partial charge in [-0.3, -0.25) is 4.18 Å². The van der Waals surface area contributed by atoms with Crippen LogP contribution in [0.5, 0.6) is 0 Å². The Morgan fingerprint density at radius 1 is 1.36 bits per heavy atom. The summed E-state index contributed by atoms with van der Waals surface area (Å²) in [4.78, 5) is 0. The van der Waals surface area contributed by atoms with E-state index in [9.17, 15) is 8.42 Å². The van der Waals surface area contributed by atoms with Crippen LogP contribution in [0, 0.1) is 6.92 Å². The minimum Gasteiger partial charge on any atom is -0.256 e. The van der Waals surface area contributed by atoms with Gasteiger partial charge in [-0.1, -0.05) is 29.8 Å². The topological polar surface area (TPSA) is 55.4 Å². The van der Waals surface area contributed by atoms with E-state index in [1.54, 1.807) is 0 Å². The van der Waals surface area contributed by atoms with E-state index in [0.29, 0.717) is 0 Å². The second-order valence-corrected chi connectivity index (χ2v) is 4.70. The van der Waals surface area contributed by atoms with Gasteiger partial charge in [0.05, 0.1) is 12.6 Å². The highest BCUT2D eigenvalue weighted by molar-refractivity contribution is 7.84. The molecule has 1 N–H and O–H groups in total. The molecule has 5 heteroatoms. The zero-order valence-corrected chi connectivity index (χ0v) is 8.54. The second-order valence-electron chi connectivity index (χ2n) is 3.32. The first-order valence-corrected chi connectivity index (χ1v) is 5.71. The molecule has 2 rings (SSSR count). The van der Waals surface area contributed by atoms with E-state index in [1.165, 1.54) is 0 Å². The van der Waals surface area contributed by atoms with Crippen molar-refractivity contribution >= 4 is 10.3 Å². The molecule has 1 heterocycles. The predicted molar refractivity (Wildman–Crippen MR) is 51.9 cm³/mol. The molecule has 14 heavy (non-hydrogen) atoms. The lowest BCUT2D eigenvalue weighted by molar-refractivity contribution is 0.338. The highest BCUT2D eigenvalue weighted by Gasteiger charge is 2.28. The third kappa shape index (κ3) is 1.95. The smallest absolute Gasteiger partial charge is 0.256 e. The Labute approximate surface area is 83.2 Å². The van der Waals surface area contributed by atoms with Gasteiger partial charge in [-0.2, -0.15) is 13.1 Å². The van der Waals surface area contributed by atoms with Crippen molar-refractivity contribution in [1.82, 2.24) is 4.72 Å². The van der Waals surface area contributed by atoms with E-state index in [2.05, 4.69) is 8.91 Å². The highest BCUT2D eigenvalue weighted by atomic mass is 32.2. The van der Waals surface area contributed by atoms with Crippen LogP contribution in [0.2, 0.25) is 0 Å². The molecule has 1 aromatic rings. The van der Waals surface area contributed by atoms with Gasteiger partial charge in [-0.25, -0.2) is 0 Å². The van der Waals surface area contributed by atoms with Crippen molar-refractivity contribution in [2.75, 3.05) is 6.61 Å². The first kappa shape index (κ1) is 9.64. The number of aryl methyl sites for hydroxylation is 1. The number of hydrogen-bond donors (Lipinski definition) is 1. The molecular formula is C9H11NO3S. The maximum atomic E-state index is 10.9. The molecule has 1 aromatic carbocycles. The van der Waals surface area contributed by atoms with E-state index < -0.39 is 10.3 Å². The van der Waals surface area contributed by atoms with Crippen LogP contribution in [-0.4, -0.2) is 15.0 Å². The summed E-state index contributed by atoms with van der Waals surface area (Å²) in [5.74, 6) is 0. The molecular weight excluding hydrogens is 202 g/mol. The second kappa shape index (κ2) is 3.34. The molecule has 1 aliphatic rings. The molecule has 1 unspecified atom stereocenters. The van der Waals surface area contributed by atoms with E-state index in [-0.39, 0.29) is 12.6 Å². The summed E-state index contributed by atoms with van der Waals surface area (Å²) < 4.78 is 28.9. The Kier molecular flexibility index (Phi) is 2.30. The first-order valence-electron chi connectivity index (χ1n) is 4.30. The fourth-order valence-electron chi connectivity index (χ4n) is 1.36. The average molecular weight is 213 g/mol. The maximum Gasteiger partial charge on any atom is 0.336 e. The summed E-state index contributed by atoms with van der Waals surface area (Å²) >= 11 is 0. The van der Waals surface area contributed by atoms with Crippen LogP contribution in [0.25, 0.3) is 0 Å². The van der Waals surface area contributed by atoms with Crippen molar-refractivity contribution in [1.29, 1.82) is 0 Å². The van der Waals surface area contributed by atoms with Crippen LogP contribution in [0.3, 0.4) is 0 Å².